The maximum absolute atomic E-state index is 13.5. The molecule has 1 fully saturated rings. The number of rotatable bonds is 10. The number of carbonyl (C=O) groups excluding carboxylic acids is 2. The van der Waals surface area contributed by atoms with Crippen molar-refractivity contribution in [1.29, 1.82) is 0 Å². The molecule has 0 spiro atoms. The van der Waals surface area contributed by atoms with Crippen molar-refractivity contribution in [3.8, 4) is 0 Å². The largest absolute Gasteiger partial charge is 0.480 e. The molecule has 3 aliphatic rings. The van der Waals surface area contributed by atoms with E-state index in [4.69, 9.17) is 5.11 Å². The molecule has 317 valence electrons. The molecule has 3 atom stereocenters. The Morgan fingerprint density at radius 3 is 1.42 bits per heavy atom. The first kappa shape index (κ1) is 49.7. The van der Waals surface area contributed by atoms with Gasteiger partial charge in [0.05, 0.1) is 0 Å². The Hall–Kier alpha value is -3.46. The Kier molecular flexibility index (Phi) is 17.9. The summed E-state index contributed by atoms with van der Waals surface area (Å²) >= 11 is 0. The van der Waals surface area contributed by atoms with E-state index in [0.29, 0.717) is 18.9 Å². The van der Waals surface area contributed by atoms with Crippen molar-refractivity contribution in [3.63, 3.8) is 0 Å². The molecule has 3 aliphatic carbocycles. The molecule has 0 unspecified atom stereocenters. The van der Waals surface area contributed by atoms with Crippen LogP contribution in [0.1, 0.15) is 135 Å². The first-order chi connectivity index (χ1) is 25.8. The molecule has 4 N–H and O–H groups in total. The molecule has 0 aliphatic heterocycles. The first-order valence-electron chi connectivity index (χ1n) is 20.7. The third-order valence-electron chi connectivity index (χ3n) is 10.7. The molecule has 7 nitrogen and oxygen atoms in total. The molecule has 0 amide bonds. The average molecular weight is 827 g/mol. The van der Waals surface area contributed by atoms with Crippen molar-refractivity contribution >= 4 is 17.5 Å². The number of ketones is 2. The zero-order valence-electron chi connectivity index (χ0n) is 37.4. The molecule has 0 aromatic heterocycles. The predicted molar refractivity (Wildman–Crippen MR) is 233 cm³/mol. The number of carboxylic acids is 1. The predicted octanol–water partition coefficient (Wildman–Crippen LogP) is 10.6. The zero-order chi connectivity index (χ0) is 42.2. The molecule has 1 aromatic rings. The van der Waals surface area contributed by atoms with Crippen LogP contribution in [0.25, 0.3) is 0 Å². The fourth-order valence-corrected chi connectivity index (χ4v) is 7.00. The van der Waals surface area contributed by atoms with Crippen LogP contribution in [0, 0.1) is 27.6 Å². The molecular formula is C49H73CoN3O4. The molecule has 1 aromatic carbocycles. The fourth-order valence-electron chi connectivity index (χ4n) is 7.00. The third kappa shape index (κ3) is 15.0. The second kappa shape index (κ2) is 20.5. The standard InChI is InChI=1S/C36H54N2O2.C13H19NO2.Co/c1-33(2,3)25-17-23(31(39)27(19-25)35(7,8)9)21-37-29-15-13-14-16-30(29)38-22-24-18-26(34(4,5)6)20-28(32(24)40)36(10,11)12;1-10(2)8-12(13(15)16)14-9-11-6-4-3-5-7-11;/h17-22,29-30,37-38H,13-16H2,1-12H3;3-7,10,12,14H,8-9H2,1-2H3,(H,15,16);/b23-21-,24-22-;;/t29-,30-;12-;/m11./s1. The van der Waals surface area contributed by atoms with Gasteiger partial charge >= 0.3 is 5.97 Å². The minimum Gasteiger partial charge on any atom is -0.480 e. The molecule has 4 rings (SSSR count). The zero-order valence-corrected chi connectivity index (χ0v) is 38.4. The summed E-state index contributed by atoms with van der Waals surface area (Å²) in [4.78, 5) is 38.0. The van der Waals surface area contributed by atoms with Gasteiger partial charge in [-0.15, -0.1) is 0 Å². The van der Waals surface area contributed by atoms with Crippen molar-refractivity contribution < 1.29 is 36.3 Å². The van der Waals surface area contributed by atoms with Gasteiger partial charge in [0.1, 0.15) is 6.04 Å². The van der Waals surface area contributed by atoms with E-state index in [9.17, 15) is 14.4 Å². The Bertz CT molecular complexity index is 1650. The van der Waals surface area contributed by atoms with Gasteiger partial charge in [0.15, 0.2) is 11.6 Å². The average Bonchev–Trinajstić information content (AvgIpc) is 3.08. The number of carboxylic acid groups (broad SMARTS) is 1. The minimum absolute atomic E-state index is 0. The van der Waals surface area contributed by atoms with E-state index in [1.165, 1.54) is 11.1 Å². The number of carbonyl (C=O) groups is 3. The topological polar surface area (TPSA) is 108 Å². The van der Waals surface area contributed by atoms with E-state index in [0.717, 1.165) is 53.5 Å². The molecular weight excluding hydrogens is 753 g/mol. The van der Waals surface area contributed by atoms with Crippen molar-refractivity contribution in [2.45, 2.75) is 154 Å². The number of hydrogen-bond donors (Lipinski definition) is 4. The van der Waals surface area contributed by atoms with Crippen LogP contribution in [0.15, 0.2) is 100 Å². The van der Waals surface area contributed by atoms with Gasteiger partial charge in [0, 0.05) is 70.1 Å². The molecule has 1 radical (unpaired) electrons. The second-order valence-electron chi connectivity index (χ2n) is 20.4. The van der Waals surface area contributed by atoms with E-state index in [1.54, 1.807) is 0 Å². The molecule has 0 saturated heterocycles. The summed E-state index contributed by atoms with van der Waals surface area (Å²) in [5, 5.41) is 19.4. The van der Waals surface area contributed by atoms with Crippen LogP contribution in [-0.2, 0) is 37.7 Å². The maximum Gasteiger partial charge on any atom is 0.320 e. The summed E-state index contributed by atoms with van der Waals surface area (Å²) in [7, 11) is 0. The molecule has 0 heterocycles. The van der Waals surface area contributed by atoms with Crippen LogP contribution < -0.4 is 16.0 Å². The summed E-state index contributed by atoms with van der Waals surface area (Å²) in [5.74, 6) is -0.192. The van der Waals surface area contributed by atoms with Crippen LogP contribution in [0.3, 0.4) is 0 Å². The maximum atomic E-state index is 13.5. The van der Waals surface area contributed by atoms with Crippen molar-refractivity contribution in [1.82, 2.24) is 16.0 Å². The van der Waals surface area contributed by atoms with Crippen LogP contribution in [0.5, 0.6) is 0 Å². The first-order valence-corrected chi connectivity index (χ1v) is 20.7. The van der Waals surface area contributed by atoms with Gasteiger partial charge in [0.2, 0.25) is 0 Å². The number of nitrogens with one attached hydrogen (secondary N) is 3. The van der Waals surface area contributed by atoms with Gasteiger partial charge in [-0.25, -0.2) is 0 Å². The van der Waals surface area contributed by atoms with Crippen LogP contribution in [-0.4, -0.2) is 40.8 Å². The van der Waals surface area contributed by atoms with E-state index < -0.39 is 12.0 Å². The third-order valence-corrected chi connectivity index (χ3v) is 10.7. The SMILES string of the molecule is CC(C)(C)C1=C/C(=C/N[C@@H]2CCCC[C@H]2N/C=C2/C=C(C(C)(C)C)C=C(C(C)(C)C)C2=O)C(=O)C(C(C)(C)C)=C1.CC(C)C[C@@H](NCc1ccccc1)C(=O)O.[Co]. The Morgan fingerprint density at radius 2 is 1.09 bits per heavy atom. The smallest absolute Gasteiger partial charge is 0.320 e. The summed E-state index contributed by atoms with van der Waals surface area (Å²) in [6.07, 6.45) is 17.1. The van der Waals surface area contributed by atoms with Gasteiger partial charge in [-0.1, -0.05) is 152 Å². The summed E-state index contributed by atoms with van der Waals surface area (Å²) in [6, 6.07) is 9.71. The van der Waals surface area contributed by atoms with E-state index >= 15 is 0 Å². The van der Waals surface area contributed by atoms with Crippen molar-refractivity contribution in [3.05, 3.63) is 106 Å². The minimum atomic E-state index is -0.773. The van der Waals surface area contributed by atoms with E-state index in [2.05, 4.69) is 123 Å². The summed E-state index contributed by atoms with van der Waals surface area (Å²) < 4.78 is 0. The van der Waals surface area contributed by atoms with Crippen LogP contribution >= 0.6 is 0 Å². The molecule has 57 heavy (non-hydrogen) atoms. The Morgan fingerprint density at radius 1 is 0.684 bits per heavy atom. The van der Waals surface area contributed by atoms with Gasteiger partial charge in [-0.05, 0) is 75.7 Å². The normalized spacial score (nSPS) is 21.4. The Balaban J connectivity index is 0.000000553. The molecule has 1 saturated carbocycles. The Labute approximate surface area is 355 Å². The van der Waals surface area contributed by atoms with Gasteiger partial charge in [-0.3, -0.25) is 14.4 Å². The molecule has 8 heteroatoms. The van der Waals surface area contributed by atoms with Gasteiger partial charge < -0.3 is 21.1 Å². The number of aliphatic carboxylic acids is 1. The van der Waals surface area contributed by atoms with Crippen LogP contribution in [0.4, 0.5) is 0 Å². The van der Waals surface area contributed by atoms with Crippen molar-refractivity contribution in [2.75, 3.05) is 0 Å². The summed E-state index contributed by atoms with van der Waals surface area (Å²) in [5.41, 5.74) is 6.06. The van der Waals surface area contributed by atoms with Crippen LogP contribution in [0.2, 0.25) is 0 Å². The van der Waals surface area contributed by atoms with E-state index in [1.807, 2.05) is 56.6 Å². The van der Waals surface area contributed by atoms with Gasteiger partial charge in [0.25, 0.3) is 0 Å². The quantitative estimate of drug-likeness (QED) is 0.174. The van der Waals surface area contributed by atoms with Crippen molar-refractivity contribution in [2.24, 2.45) is 27.6 Å². The van der Waals surface area contributed by atoms with Gasteiger partial charge in [-0.2, -0.15) is 0 Å². The van der Waals surface area contributed by atoms with E-state index in [-0.39, 0.29) is 62.1 Å². The number of allylic oxidation sites excluding steroid dienone is 10. The number of Topliss-reactive ketones (excluding diaryl/α,β-unsaturated/α-hetero) is 2. The monoisotopic (exact) mass is 826 g/mol. The second-order valence-corrected chi connectivity index (χ2v) is 20.4. The summed E-state index contributed by atoms with van der Waals surface area (Å²) in [6.45, 7) is 30.4. The number of benzene rings is 1. The molecule has 0 bridgehead atoms. The fraction of sp³-hybridized carbons (Fsp3) is 0.571. The number of hydrogen-bond acceptors (Lipinski definition) is 6.